The van der Waals surface area contributed by atoms with Gasteiger partial charge in [0.2, 0.25) is 0 Å². The molecular weight excluding hydrogens is 405 g/mol. The van der Waals surface area contributed by atoms with Crippen LogP contribution in [0.3, 0.4) is 0 Å². The molecule has 0 radical (unpaired) electrons. The van der Waals surface area contributed by atoms with E-state index in [1.54, 1.807) is 19.1 Å². The zero-order chi connectivity index (χ0) is 19.6. The van der Waals surface area contributed by atoms with Gasteiger partial charge in [-0.3, -0.25) is 9.52 Å². The van der Waals surface area contributed by atoms with Crippen LogP contribution in [-0.2, 0) is 10.0 Å². The number of anilines is 1. The van der Waals surface area contributed by atoms with Crippen molar-refractivity contribution in [3.63, 3.8) is 0 Å². The van der Waals surface area contributed by atoms with Gasteiger partial charge >= 0.3 is 0 Å². The van der Waals surface area contributed by atoms with Crippen LogP contribution in [0.15, 0.2) is 47.4 Å². The highest BCUT2D eigenvalue weighted by atomic mass is 35.5. The van der Waals surface area contributed by atoms with Crippen LogP contribution in [0.1, 0.15) is 28.8 Å². The summed E-state index contributed by atoms with van der Waals surface area (Å²) in [6.07, 6.45) is 2.08. The van der Waals surface area contributed by atoms with Crippen LogP contribution >= 0.6 is 12.4 Å². The average Bonchev–Trinajstić information content (AvgIpc) is 3.46. The standard InChI is InChI=1S/C19H22FN3O3S.ClH/c1-12-2-3-14(19(24)22-17(11-21)13-4-5-13)10-18(12)27(25,26)23-16-8-6-15(20)7-9-16;/h2-3,6-10,13,17,23H,4-5,11,21H2,1H3,(H,22,24);1H. The van der Waals surface area contributed by atoms with E-state index in [0.717, 1.165) is 12.8 Å². The van der Waals surface area contributed by atoms with Gasteiger partial charge in [0.25, 0.3) is 15.9 Å². The van der Waals surface area contributed by atoms with Crippen molar-refractivity contribution < 1.29 is 17.6 Å². The molecule has 152 valence electrons. The van der Waals surface area contributed by atoms with Crippen LogP contribution < -0.4 is 15.8 Å². The molecule has 2 aromatic carbocycles. The monoisotopic (exact) mass is 427 g/mol. The number of nitrogens with two attached hydrogens (primary N) is 1. The number of hydrogen-bond donors (Lipinski definition) is 3. The summed E-state index contributed by atoms with van der Waals surface area (Å²) >= 11 is 0. The van der Waals surface area contributed by atoms with Gasteiger partial charge in [-0.2, -0.15) is 0 Å². The Morgan fingerprint density at radius 3 is 2.43 bits per heavy atom. The van der Waals surface area contributed by atoms with E-state index in [0.29, 0.717) is 18.0 Å². The molecule has 0 bridgehead atoms. The molecule has 1 amide bonds. The number of amides is 1. The first kappa shape index (κ1) is 22.1. The predicted octanol–water partition coefficient (Wildman–Crippen LogP) is 2.82. The van der Waals surface area contributed by atoms with E-state index in [-0.39, 0.29) is 40.5 Å². The molecule has 0 heterocycles. The number of rotatable bonds is 7. The molecule has 0 aromatic heterocycles. The lowest BCUT2D eigenvalue weighted by molar-refractivity contribution is 0.0933. The molecule has 0 saturated heterocycles. The number of hydrogen-bond acceptors (Lipinski definition) is 4. The first-order valence-electron chi connectivity index (χ1n) is 8.70. The van der Waals surface area contributed by atoms with Crippen molar-refractivity contribution in [2.24, 2.45) is 11.7 Å². The maximum atomic E-state index is 13.0. The number of carbonyl (C=O) groups is 1. The van der Waals surface area contributed by atoms with Gasteiger partial charge in [-0.05, 0) is 67.6 Å². The van der Waals surface area contributed by atoms with E-state index in [4.69, 9.17) is 5.73 Å². The average molecular weight is 428 g/mol. The fourth-order valence-corrected chi connectivity index (χ4v) is 4.21. The Balaban J connectivity index is 0.00000280. The van der Waals surface area contributed by atoms with Gasteiger partial charge in [0.05, 0.1) is 4.90 Å². The topological polar surface area (TPSA) is 101 Å². The molecule has 0 spiro atoms. The minimum Gasteiger partial charge on any atom is -0.348 e. The molecule has 9 heteroatoms. The Kier molecular flexibility index (Phi) is 7.03. The molecule has 4 N–H and O–H groups in total. The van der Waals surface area contributed by atoms with Gasteiger partial charge in [0.15, 0.2) is 0 Å². The van der Waals surface area contributed by atoms with E-state index in [1.807, 2.05) is 0 Å². The van der Waals surface area contributed by atoms with Gasteiger partial charge in [-0.15, -0.1) is 12.4 Å². The largest absolute Gasteiger partial charge is 0.348 e. The van der Waals surface area contributed by atoms with Crippen LogP contribution in [0, 0.1) is 18.7 Å². The summed E-state index contributed by atoms with van der Waals surface area (Å²) in [5.41, 5.74) is 6.70. The molecule has 28 heavy (non-hydrogen) atoms. The van der Waals surface area contributed by atoms with Gasteiger partial charge in [0, 0.05) is 23.8 Å². The third-order valence-electron chi connectivity index (χ3n) is 4.60. The fourth-order valence-electron chi connectivity index (χ4n) is 2.88. The SMILES string of the molecule is Cc1ccc(C(=O)NC(CN)C2CC2)cc1S(=O)(=O)Nc1ccc(F)cc1.Cl. The normalized spacial score (nSPS) is 14.7. The van der Waals surface area contributed by atoms with E-state index in [1.165, 1.54) is 30.3 Å². The molecule has 1 aliphatic carbocycles. The Morgan fingerprint density at radius 2 is 1.86 bits per heavy atom. The van der Waals surface area contributed by atoms with Crippen molar-refractivity contribution in [1.82, 2.24) is 5.32 Å². The number of aryl methyl sites for hydroxylation is 1. The van der Waals surface area contributed by atoms with Gasteiger partial charge in [0.1, 0.15) is 5.82 Å². The van der Waals surface area contributed by atoms with Crippen LogP contribution in [0.4, 0.5) is 10.1 Å². The van der Waals surface area contributed by atoms with Crippen LogP contribution in [0.5, 0.6) is 0 Å². The number of benzene rings is 2. The fraction of sp³-hybridized carbons (Fsp3) is 0.316. The molecular formula is C19H23ClFN3O3S. The molecule has 6 nitrogen and oxygen atoms in total. The molecule has 1 aliphatic rings. The minimum atomic E-state index is -3.93. The van der Waals surface area contributed by atoms with Crippen LogP contribution in [0.25, 0.3) is 0 Å². The van der Waals surface area contributed by atoms with Gasteiger partial charge < -0.3 is 11.1 Å². The quantitative estimate of drug-likeness (QED) is 0.632. The number of sulfonamides is 1. The molecule has 1 atom stereocenters. The van der Waals surface area contributed by atoms with E-state index in [2.05, 4.69) is 10.0 Å². The maximum absolute atomic E-state index is 13.0. The molecule has 1 saturated carbocycles. The summed E-state index contributed by atoms with van der Waals surface area (Å²) in [5.74, 6) is -0.416. The third-order valence-corrected chi connectivity index (χ3v) is 6.12. The summed E-state index contributed by atoms with van der Waals surface area (Å²) in [7, 11) is -3.93. The second-order valence-electron chi connectivity index (χ2n) is 6.75. The lowest BCUT2D eigenvalue weighted by Crippen LogP contribution is -2.41. The minimum absolute atomic E-state index is 0. The Bertz CT molecular complexity index is 947. The molecule has 2 aromatic rings. The third kappa shape index (κ3) is 5.21. The van der Waals surface area contributed by atoms with Crippen LogP contribution in [0.2, 0.25) is 0 Å². The molecule has 0 aliphatic heterocycles. The van der Waals surface area contributed by atoms with Crippen molar-refractivity contribution in [2.45, 2.75) is 30.7 Å². The summed E-state index contributed by atoms with van der Waals surface area (Å²) in [6.45, 7) is 1.99. The highest BCUT2D eigenvalue weighted by Crippen LogP contribution is 2.32. The smallest absolute Gasteiger partial charge is 0.262 e. The van der Waals surface area contributed by atoms with Crippen molar-refractivity contribution in [3.05, 3.63) is 59.4 Å². The molecule has 3 rings (SSSR count). The van der Waals surface area contributed by atoms with E-state index >= 15 is 0 Å². The number of nitrogens with one attached hydrogen (secondary N) is 2. The van der Waals surface area contributed by atoms with Gasteiger partial charge in [-0.1, -0.05) is 6.07 Å². The lowest BCUT2D eigenvalue weighted by atomic mass is 10.1. The van der Waals surface area contributed by atoms with Crippen molar-refractivity contribution in [2.75, 3.05) is 11.3 Å². The zero-order valence-corrected chi connectivity index (χ0v) is 16.9. The maximum Gasteiger partial charge on any atom is 0.262 e. The highest BCUT2D eigenvalue weighted by Gasteiger charge is 2.31. The summed E-state index contributed by atoms with van der Waals surface area (Å²) in [4.78, 5) is 12.5. The number of carbonyl (C=O) groups excluding carboxylic acids is 1. The predicted molar refractivity (Wildman–Crippen MR) is 109 cm³/mol. The summed E-state index contributed by atoms with van der Waals surface area (Å²) in [6, 6.07) is 9.41. The zero-order valence-electron chi connectivity index (χ0n) is 15.3. The first-order chi connectivity index (χ1) is 12.8. The Labute approximate surface area is 170 Å². The number of halogens is 2. The summed E-state index contributed by atoms with van der Waals surface area (Å²) in [5, 5.41) is 2.88. The highest BCUT2D eigenvalue weighted by molar-refractivity contribution is 7.92. The van der Waals surface area contributed by atoms with Crippen molar-refractivity contribution in [3.8, 4) is 0 Å². The lowest BCUT2D eigenvalue weighted by Gasteiger charge is -2.17. The summed E-state index contributed by atoms with van der Waals surface area (Å²) < 4.78 is 40.9. The second-order valence-corrected chi connectivity index (χ2v) is 8.40. The van der Waals surface area contributed by atoms with E-state index in [9.17, 15) is 17.6 Å². The first-order valence-corrected chi connectivity index (χ1v) is 10.2. The Morgan fingerprint density at radius 1 is 1.21 bits per heavy atom. The molecule has 1 unspecified atom stereocenters. The van der Waals surface area contributed by atoms with Gasteiger partial charge in [-0.25, -0.2) is 12.8 Å². The second kappa shape index (κ2) is 8.89. The van der Waals surface area contributed by atoms with E-state index < -0.39 is 15.8 Å². The van der Waals surface area contributed by atoms with Crippen LogP contribution in [-0.4, -0.2) is 26.9 Å². The van der Waals surface area contributed by atoms with Crippen molar-refractivity contribution in [1.29, 1.82) is 0 Å². The molecule has 1 fully saturated rings. The van der Waals surface area contributed by atoms with Crippen molar-refractivity contribution >= 4 is 34.0 Å². The Hall–Kier alpha value is -2.16.